The van der Waals surface area contributed by atoms with E-state index in [0.717, 1.165) is 31.9 Å². The number of alkyl halides is 3. The predicted octanol–water partition coefficient (Wildman–Crippen LogP) is 1.78. The van der Waals surface area contributed by atoms with Gasteiger partial charge in [0.25, 0.3) is 0 Å². The maximum atomic E-state index is 12.0. The molecule has 0 saturated carbocycles. The molecule has 116 valence electrons. The van der Waals surface area contributed by atoms with Crippen molar-refractivity contribution in [2.45, 2.75) is 6.18 Å². The summed E-state index contributed by atoms with van der Waals surface area (Å²) in [6, 6.07) is 6.15. The minimum atomic E-state index is -4.41. The summed E-state index contributed by atoms with van der Waals surface area (Å²) < 4.78 is 35.9. The van der Waals surface area contributed by atoms with Crippen molar-refractivity contribution in [3.05, 3.63) is 24.3 Å². The van der Waals surface area contributed by atoms with E-state index in [1.165, 1.54) is 0 Å². The monoisotopic (exact) mass is 302 g/mol. The van der Waals surface area contributed by atoms with E-state index in [0.29, 0.717) is 5.69 Å². The number of urea groups is 1. The topological polar surface area (TPSA) is 56.4 Å². The molecule has 3 N–H and O–H groups in total. The fraction of sp³-hybridized carbons (Fsp3) is 0.462. The molecule has 0 unspecified atom stereocenters. The minimum Gasteiger partial charge on any atom is -0.369 e. The van der Waals surface area contributed by atoms with Crippen LogP contribution in [0.2, 0.25) is 0 Å². The Morgan fingerprint density at radius 2 is 1.81 bits per heavy atom. The molecule has 1 heterocycles. The quantitative estimate of drug-likeness (QED) is 0.798. The molecular weight excluding hydrogens is 285 g/mol. The highest BCUT2D eigenvalue weighted by molar-refractivity contribution is 5.89. The molecule has 8 heteroatoms. The number of halogens is 3. The van der Waals surface area contributed by atoms with Gasteiger partial charge in [-0.25, -0.2) is 4.79 Å². The molecule has 1 aromatic carbocycles. The Kier molecular flexibility index (Phi) is 4.89. The molecule has 0 spiro atoms. The van der Waals surface area contributed by atoms with Crippen LogP contribution >= 0.6 is 0 Å². The van der Waals surface area contributed by atoms with Gasteiger partial charge in [0.2, 0.25) is 0 Å². The van der Waals surface area contributed by atoms with Gasteiger partial charge in [0.05, 0.1) is 0 Å². The number of hydrogen-bond donors (Lipinski definition) is 3. The summed E-state index contributed by atoms with van der Waals surface area (Å²) in [6.45, 7) is 2.29. The normalized spacial score (nSPS) is 15.7. The van der Waals surface area contributed by atoms with Gasteiger partial charge in [0.1, 0.15) is 6.54 Å². The van der Waals surface area contributed by atoms with Crippen molar-refractivity contribution in [1.29, 1.82) is 0 Å². The molecule has 0 bridgehead atoms. The van der Waals surface area contributed by atoms with Crippen LogP contribution in [0.25, 0.3) is 0 Å². The molecule has 0 aromatic heterocycles. The van der Waals surface area contributed by atoms with Gasteiger partial charge in [-0.15, -0.1) is 0 Å². The molecule has 0 aliphatic carbocycles. The zero-order valence-corrected chi connectivity index (χ0v) is 11.3. The van der Waals surface area contributed by atoms with Crippen LogP contribution in [0, 0.1) is 0 Å². The number of nitrogens with one attached hydrogen (secondary N) is 3. The van der Waals surface area contributed by atoms with Gasteiger partial charge in [-0.3, -0.25) is 0 Å². The first kappa shape index (κ1) is 15.4. The maximum absolute atomic E-state index is 12.0. The van der Waals surface area contributed by atoms with E-state index in [2.05, 4.69) is 15.5 Å². The second-order valence-corrected chi connectivity index (χ2v) is 4.71. The van der Waals surface area contributed by atoms with E-state index in [1.54, 1.807) is 17.4 Å². The molecule has 1 aromatic rings. The smallest absolute Gasteiger partial charge is 0.369 e. The Morgan fingerprint density at radius 1 is 1.19 bits per heavy atom. The molecule has 2 amide bonds. The van der Waals surface area contributed by atoms with Gasteiger partial charge in [-0.1, -0.05) is 0 Å². The number of rotatable bonds is 3. The predicted molar refractivity (Wildman–Crippen MR) is 74.6 cm³/mol. The molecule has 1 fully saturated rings. The van der Waals surface area contributed by atoms with Gasteiger partial charge in [0.15, 0.2) is 0 Å². The highest BCUT2D eigenvalue weighted by Gasteiger charge is 2.27. The zero-order chi connectivity index (χ0) is 15.3. The van der Waals surface area contributed by atoms with Crippen LogP contribution in [0.15, 0.2) is 24.3 Å². The van der Waals surface area contributed by atoms with Gasteiger partial charge in [-0.05, 0) is 24.3 Å². The van der Waals surface area contributed by atoms with Gasteiger partial charge in [0, 0.05) is 37.6 Å². The molecule has 0 radical (unpaired) electrons. The van der Waals surface area contributed by atoms with Crippen molar-refractivity contribution in [3.63, 3.8) is 0 Å². The number of carbonyl (C=O) groups is 1. The first-order chi connectivity index (χ1) is 9.94. The summed E-state index contributed by atoms with van der Waals surface area (Å²) in [5, 5.41) is 7.37. The Morgan fingerprint density at radius 3 is 2.38 bits per heavy atom. The third kappa shape index (κ3) is 5.14. The van der Waals surface area contributed by atoms with E-state index in [-0.39, 0.29) is 0 Å². The van der Waals surface area contributed by atoms with Crippen LogP contribution in [0.5, 0.6) is 0 Å². The van der Waals surface area contributed by atoms with Crippen molar-refractivity contribution < 1.29 is 18.0 Å². The number of piperazine rings is 1. The fourth-order valence-electron chi connectivity index (χ4n) is 2.03. The van der Waals surface area contributed by atoms with Crippen LogP contribution in [-0.2, 0) is 0 Å². The second kappa shape index (κ2) is 6.66. The summed E-state index contributed by atoms with van der Waals surface area (Å²) in [7, 11) is 0. The van der Waals surface area contributed by atoms with Crippen molar-refractivity contribution in [2.75, 3.05) is 42.9 Å². The summed E-state index contributed by atoms with van der Waals surface area (Å²) >= 11 is 0. The number of nitrogens with zero attached hydrogens (tertiary/aromatic N) is 1. The molecule has 0 atom stereocenters. The highest BCUT2D eigenvalue weighted by Crippen LogP contribution is 2.18. The maximum Gasteiger partial charge on any atom is 0.405 e. The fourth-order valence-corrected chi connectivity index (χ4v) is 2.03. The SMILES string of the molecule is O=C(NCC(F)(F)F)Nc1ccc(N2CCNCC2)cc1. The first-order valence-corrected chi connectivity index (χ1v) is 6.61. The van der Waals surface area contributed by atoms with Gasteiger partial charge >= 0.3 is 12.2 Å². The van der Waals surface area contributed by atoms with Crippen molar-refractivity contribution in [1.82, 2.24) is 10.6 Å². The first-order valence-electron chi connectivity index (χ1n) is 6.61. The number of hydrogen-bond acceptors (Lipinski definition) is 3. The van der Waals surface area contributed by atoms with Crippen LogP contribution < -0.4 is 20.9 Å². The summed E-state index contributed by atoms with van der Waals surface area (Å²) in [5.74, 6) is 0. The summed E-state index contributed by atoms with van der Waals surface area (Å²) in [6.07, 6.45) is -4.41. The van der Waals surface area contributed by atoms with Gasteiger partial charge in [-0.2, -0.15) is 13.2 Å². The molecule has 1 aliphatic rings. The van der Waals surface area contributed by atoms with E-state index in [4.69, 9.17) is 0 Å². The van der Waals surface area contributed by atoms with Gasteiger partial charge < -0.3 is 20.9 Å². The number of amides is 2. The molecule has 5 nitrogen and oxygen atoms in total. The Labute approximate surface area is 120 Å². The largest absolute Gasteiger partial charge is 0.405 e. The third-order valence-corrected chi connectivity index (χ3v) is 3.06. The molecular formula is C13H17F3N4O. The minimum absolute atomic E-state index is 0.452. The Balaban J connectivity index is 1.85. The number of anilines is 2. The third-order valence-electron chi connectivity index (χ3n) is 3.06. The lowest BCUT2D eigenvalue weighted by atomic mass is 10.2. The Hall–Kier alpha value is -1.96. The van der Waals surface area contributed by atoms with Crippen molar-refractivity contribution >= 4 is 17.4 Å². The molecule has 1 saturated heterocycles. The summed E-state index contributed by atoms with van der Waals surface area (Å²) in [5.41, 5.74) is 1.48. The average molecular weight is 302 g/mol. The van der Waals surface area contributed by atoms with E-state index in [1.807, 2.05) is 12.1 Å². The average Bonchev–Trinajstić information content (AvgIpc) is 2.46. The van der Waals surface area contributed by atoms with Crippen molar-refractivity contribution in [3.8, 4) is 0 Å². The van der Waals surface area contributed by atoms with Crippen LogP contribution in [-0.4, -0.2) is 44.9 Å². The second-order valence-electron chi connectivity index (χ2n) is 4.71. The van der Waals surface area contributed by atoms with Crippen LogP contribution in [0.3, 0.4) is 0 Å². The van der Waals surface area contributed by atoms with Crippen LogP contribution in [0.4, 0.5) is 29.3 Å². The van der Waals surface area contributed by atoms with E-state index >= 15 is 0 Å². The summed E-state index contributed by atoms with van der Waals surface area (Å²) in [4.78, 5) is 13.5. The lowest BCUT2D eigenvalue weighted by molar-refractivity contribution is -0.122. The number of benzene rings is 1. The lowest BCUT2D eigenvalue weighted by Gasteiger charge is -2.29. The van der Waals surface area contributed by atoms with Crippen LogP contribution in [0.1, 0.15) is 0 Å². The lowest BCUT2D eigenvalue weighted by Crippen LogP contribution is -2.43. The number of carbonyl (C=O) groups excluding carboxylic acids is 1. The van der Waals surface area contributed by atoms with E-state index < -0.39 is 18.8 Å². The highest BCUT2D eigenvalue weighted by atomic mass is 19.4. The molecule has 1 aliphatic heterocycles. The van der Waals surface area contributed by atoms with Crippen molar-refractivity contribution in [2.24, 2.45) is 0 Å². The van der Waals surface area contributed by atoms with E-state index in [9.17, 15) is 18.0 Å². The molecule has 2 rings (SSSR count). The Bertz CT molecular complexity index is 469. The molecule has 21 heavy (non-hydrogen) atoms. The standard InChI is InChI=1S/C13H17F3N4O/c14-13(15,16)9-18-12(21)19-10-1-3-11(4-2-10)20-7-5-17-6-8-20/h1-4,17H,5-9H2,(H2,18,19,21). The zero-order valence-electron chi connectivity index (χ0n) is 11.3.